The Labute approximate surface area is 375 Å². The van der Waals surface area contributed by atoms with Gasteiger partial charge in [0.2, 0.25) is 0 Å². The Morgan fingerprint density at radius 2 is 0.688 bits per heavy atom. The predicted molar refractivity (Wildman–Crippen MR) is 265 cm³/mol. The molecule has 0 amide bonds. The Bertz CT molecular complexity index is 3120. The lowest BCUT2D eigenvalue weighted by molar-refractivity contribution is 0.415. The molecule has 3 heterocycles. The van der Waals surface area contributed by atoms with Crippen molar-refractivity contribution in [2.45, 2.75) is 13.8 Å². The third kappa shape index (κ3) is 8.01. The summed E-state index contributed by atoms with van der Waals surface area (Å²) < 4.78 is 5.50. The highest BCUT2D eigenvalue weighted by Crippen LogP contribution is 2.43. The van der Waals surface area contributed by atoms with E-state index in [1.54, 1.807) is 7.11 Å². The van der Waals surface area contributed by atoms with Crippen molar-refractivity contribution in [3.8, 4) is 106 Å². The molecule has 4 nitrogen and oxygen atoms in total. The van der Waals surface area contributed by atoms with Crippen LogP contribution in [0.1, 0.15) is 11.1 Å². The number of pyridine rings is 3. The van der Waals surface area contributed by atoms with Gasteiger partial charge < -0.3 is 4.74 Å². The molecule has 0 aliphatic rings. The van der Waals surface area contributed by atoms with E-state index in [9.17, 15) is 0 Å². The van der Waals surface area contributed by atoms with E-state index >= 15 is 0 Å². The molecule has 0 aliphatic heterocycles. The molecular weight excluding hydrogens is 779 g/mol. The van der Waals surface area contributed by atoms with Crippen LogP contribution in [0.4, 0.5) is 0 Å². The first-order valence-corrected chi connectivity index (χ1v) is 21.6. The van der Waals surface area contributed by atoms with E-state index in [2.05, 4.69) is 184 Å². The molecule has 0 atom stereocenters. The van der Waals surface area contributed by atoms with Gasteiger partial charge in [-0.15, -0.1) is 0 Å². The number of hydrogen-bond donors (Lipinski definition) is 0. The minimum Gasteiger partial charge on any atom is -0.497 e. The fourth-order valence-electron chi connectivity index (χ4n) is 8.74. The molecule has 0 radical (unpaired) electrons. The lowest BCUT2D eigenvalue weighted by Gasteiger charge is -2.19. The van der Waals surface area contributed by atoms with Crippen molar-refractivity contribution in [1.29, 1.82) is 0 Å². The van der Waals surface area contributed by atoms with Crippen LogP contribution in [0.15, 0.2) is 219 Å². The summed E-state index contributed by atoms with van der Waals surface area (Å²) in [6.45, 7) is 4.36. The molecule has 0 saturated heterocycles. The maximum atomic E-state index is 5.50. The van der Waals surface area contributed by atoms with E-state index in [1.165, 1.54) is 11.1 Å². The summed E-state index contributed by atoms with van der Waals surface area (Å²) in [5, 5.41) is 0. The molecule has 7 aromatic carbocycles. The van der Waals surface area contributed by atoms with E-state index in [0.717, 1.165) is 106 Å². The third-order valence-electron chi connectivity index (χ3n) is 12.0. The van der Waals surface area contributed by atoms with Gasteiger partial charge in [-0.3, -0.25) is 15.0 Å². The number of nitrogens with zero attached hydrogens (tertiary/aromatic N) is 3. The molecule has 0 fully saturated rings. The molecule has 64 heavy (non-hydrogen) atoms. The van der Waals surface area contributed by atoms with E-state index in [4.69, 9.17) is 19.7 Å². The third-order valence-corrected chi connectivity index (χ3v) is 12.0. The van der Waals surface area contributed by atoms with Crippen molar-refractivity contribution in [3.05, 3.63) is 230 Å². The zero-order valence-corrected chi connectivity index (χ0v) is 36.0. The molecule has 0 saturated carbocycles. The lowest BCUT2D eigenvalue weighted by Crippen LogP contribution is -1.95. The number of benzene rings is 7. The van der Waals surface area contributed by atoms with Crippen LogP contribution in [-0.2, 0) is 0 Å². The van der Waals surface area contributed by atoms with Gasteiger partial charge in [0.25, 0.3) is 0 Å². The lowest BCUT2D eigenvalue weighted by atomic mass is 9.86. The second-order valence-electron chi connectivity index (χ2n) is 16.1. The molecule has 0 N–H and O–H groups in total. The Morgan fingerprint density at radius 3 is 1.12 bits per heavy atom. The van der Waals surface area contributed by atoms with Crippen LogP contribution in [0.2, 0.25) is 0 Å². The van der Waals surface area contributed by atoms with Crippen molar-refractivity contribution < 1.29 is 4.74 Å². The largest absolute Gasteiger partial charge is 0.497 e. The van der Waals surface area contributed by atoms with Gasteiger partial charge in [-0.05, 0) is 124 Å². The van der Waals surface area contributed by atoms with E-state index in [-0.39, 0.29) is 0 Å². The van der Waals surface area contributed by atoms with Gasteiger partial charge in [0.15, 0.2) is 0 Å². The molecule has 3 aromatic heterocycles. The SMILES string of the molecule is COc1cccc(-c2ccc(-c3ccccc3-c3cc(-c4ccccc4-c4cnc(-c5ccccc5)cc4C)cc(-c4ccccc4-c4cnc(-c5ccccc5)cc4C)c3)cn2)c1. The quantitative estimate of drug-likeness (QED) is 0.138. The van der Waals surface area contributed by atoms with Gasteiger partial charge in [0, 0.05) is 52.0 Å². The summed E-state index contributed by atoms with van der Waals surface area (Å²) in [6.07, 6.45) is 6.04. The van der Waals surface area contributed by atoms with Gasteiger partial charge in [-0.1, -0.05) is 152 Å². The monoisotopic (exact) mass is 823 g/mol. The predicted octanol–water partition coefficient (Wildman–Crippen LogP) is 15.5. The van der Waals surface area contributed by atoms with Gasteiger partial charge in [0.1, 0.15) is 5.75 Å². The highest BCUT2D eigenvalue weighted by atomic mass is 16.5. The fraction of sp³-hybridized carbons (Fsp3) is 0.0500. The molecule has 0 unspecified atom stereocenters. The van der Waals surface area contributed by atoms with Crippen molar-refractivity contribution in [2.24, 2.45) is 0 Å². The summed E-state index contributed by atoms with van der Waals surface area (Å²) in [7, 11) is 1.69. The van der Waals surface area contributed by atoms with Crippen LogP contribution >= 0.6 is 0 Å². The van der Waals surface area contributed by atoms with Crippen LogP contribution in [-0.4, -0.2) is 22.1 Å². The number of hydrogen-bond acceptors (Lipinski definition) is 4. The van der Waals surface area contributed by atoms with Crippen LogP contribution < -0.4 is 4.74 Å². The summed E-state index contributed by atoms with van der Waals surface area (Å²) >= 11 is 0. The molecule has 0 aliphatic carbocycles. The van der Waals surface area contributed by atoms with Crippen LogP contribution in [0.25, 0.3) is 101 Å². The summed E-state index contributed by atoms with van der Waals surface area (Å²) in [4.78, 5) is 14.9. The molecule has 306 valence electrons. The Hall–Kier alpha value is -8.21. The molecule has 10 rings (SSSR count). The van der Waals surface area contributed by atoms with E-state index < -0.39 is 0 Å². The maximum absolute atomic E-state index is 5.50. The summed E-state index contributed by atoms with van der Waals surface area (Å²) in [6, 6.07) is 70.5. The van der Waals surface area contributed by atoms with Crippen molar-refractivity contribution in [2.75, 3.05) is 7.11 Å². The van der Waals surface area contributed by atoms with Gasteiger partial charge >= 0.3 is 0 Å². The van der Waals surface area contributed by atoms with E-state index in [1.807, 2.05) is 48.9 Å². The van der Waals surface area contributed by atoms with Gasteiger partial charge in [-0.25, -0.2) is 0 Å². The standard InChI is InChI=1S/C60H45N3O/c1-40-31-59(42-17-6-4-7-18-42)62-38-56(40)54-27-14-12-25-52(54)47-33-46(51-24-11-10-23-50(51)45-29-30-58(61-37-45)44-21-16-22-49(36-44)64-3)34-48(35-47)53-26-13-15-28-55(53)57-39-63-60(32-41(57)2)43-19-8-5-9-20-43/h4-39H,1-3H3. The normalized spacial score (nSPS) is 11.0. The number of aromatic nitrogens is 3. The minimum atomic E-state index is 0.804. The molecule has 0 spiro atoms. The first-order chi connectivity index (χ1) is 31.5. The second kappa shape index (κ2) is 17.6. The molecule has 10 aromatic rings. The Balaban J connectivity index is 1.13. The highest BCUT2D eigenvalue weighted by molar-refractivity contribution is 5.95. The number of rotatable bonds is 10. The Morgan fingerprint density at radius 1 is 0.281 bits per heavy atom. The minimum absolute atomic E-state index is 0.804. The average molecular weight is 824 g/mol. The number of methoxy groups -OCH3 is 1. The molecule has 4 heteroatoms. The fourth-order valence-corrected chi connectivity index (χ4v) is 8.74. The zero-order chi connectivity index (χ0) is 43.4. The van der Waals surface area contributed by atoms with Crippen LogP contribution in [0.3, 0.4) is 0 Å². The van der Waals surface area contributed by atoms with Crippen molar-refractivity contribution in [1.82, 2.24) is 15.0 Å². The van der Waals surface area contributed by atoms with Gasteiger partial charge in [0.05, 0.1) is 24.2 Å². The smallest absolute Gasteiger partial charge is 0.119 e. The first-order valence-electron chi connectivity index (χ1n) is 21.6. The summed E-state index contributed by atoms with van der Waals surface area (Å²) in [5.74, 6) is 0.804. The van der Waals surface area contributed by atoms with Crippen LogP contribution in [0.5, 0.6) is 5.75 Å². The van der Waals surface area contributed by atoms with E-state index in [0.29, 0.717) is 0 Å². The molecule has 0 bridgehead atoms. The van der Waals surface area contributed by atoms with Crippen molar-refractivity contribution >= 4 is 0 Å². The Kier molecular flexibility index (Phi) is 11.0. The average Bonchev–Trinajstić information content (AvgIpc) is 3.37. The molecular formula is C60H45N3O. The van der Waals surface area contributed by atoms with Crippen molar-refractivity contribution in [3.63, 3.8) is 0 Å². The first kappa shape index (κ1) is 39.9. The highest BCUT2D eigenvalue weighted by Gasteiger charge is 2.18. The van der Waals surface area contributed by atoms with Crippen LogP contribution in [0, 0.1) is 13.8 Å². The second-order valence-corrected chi connectivity index (χ2v) is 16.1. The number of aryl methyl sites for hydroxylation is 2. The maximum Gasteiger partial charge on any atom is 0.119 e. The topological polar surface area (TPSA) is 47.9 Å². The van der Waals surface area contributed by atoms with Gasteiger partial charge in [-0.2, -0.15) is 0 Å². The zero-order valence-electron chi connectivity index (χ0n) is 36.0. The summed E-state index contributed by atoms with van der Waals surface area (Å²) in [5.41, 5.74) is 21.7. The number of ether oxygens (including phenoxy) is 1.